The molecule has 0 saturated carbocycles. The van der Waals surface area contributed by atoms with E-state index in [1.54, 1.807) is 6.08 Å². The topological polar surface area (TPSA) is 175 Å². The van der Waals surface area contributed by atoms with Gasteiger partial charge in [-0.1, -0.05) is 301 Å². The zero-order valence-corrected chi connectivity index (χ0v) is 54.2. The Balaban J connectivity index is 1.99. The van der Waals surface area contributed by atoms with Gasteiger partial charge in [-0.25, -0.2) is 0 Å². The van der Waals surface area contributed by atoms with Gasteiger partial charge in [-0.15, -0.1) is 0 Å². The first kappa shape index (κ1) is 78.9. The molecule has 1 aliphatic heterocycles. The van der Waals surface area contributed by atoms with Crippen molar-refractivity contribution in [1.29, 1.82) is 0 Å². The first-order valence-electron chi connectivity index (χ1n) is 35.8. The van der Waals surface area contributed by atoms with Crippen molar-refractivity contribution in [2.24, 2.45) is 0 Å². The molecule has 488 valence electrons. The number of carbonyl (C=O) groups excluding carboxylic acids is 2. The van der Waals surface area contributed by atoms with Crippen molar-refractivity contribution in [3.05, 3.63) is 36.5 Å². The van der Waals surface area contributed by atoms with Crippen LogP contribution in [0.2, 0.25) is 0 Å². The molecule has 6 N–H and O–H groups in total. The lowest BCUT2D eigenvalue weighted by Crippen LogP contribution is -2.60. The highest BCUT2D eigenvalue weighted by atomic mass is 16.7. The molecule has 11 nitrogen and oxygen atoms in total. The van der Waals surface area contributed by atoms with E-state index in [1.165, 1.54) is 263 Å². The summed E-state index contributed by atoms with van der Waals surface area (Å²) in [6.45, 7) is 4.36. The summed E-state index contributed by atoms with van der Waals surface area (Å²) in [4.78, 5) is 25.1. The average molecular weight is 1170 g/mol. The van der Waals surface area contributed by atoms with Gasteiger partial charge < -0.3 is 45.1 Å². The number of amides is 1. The molecule has 0 aliphatic carbocycles. The number of hydrogen-bond donors (Lipinski definition) is 6. The Hall–Kier alpha value is -2.12. The molecule has 0 bridgehead atoms. The number of hydrogen-bond acceptors (Lipinski definition) is 10. The second kappa shape index (κ2) is 61.5. The van der Waals surface area contributed by atoms with Crippen molar-refractivity contribution >= 4 is 11.9 Å². The van der Waals surface area contributed by atoms with Crippen molar-refractivity contribution in [3.8, 4) is 0 Å². The van der Waals surface area contributed by atoms with E-state index in [-0.39, 0.29) is 18.5 Å². The lowest BCUT2D eigenvalue weighted by molar-refractivity contribution is -0.302. The van der Waals surface area contributed by atoms with Gasteiger partial charge in [-0.3, -0.25) is 9.59 Å². The van der Waals surface area contributed by atoms with E-state index in [4.69, 9.17) is 14.2 Å². The molecule has 1 heterocycles. The highest BCUT2D eigenvalue weighted by Gasteiger charge is 2.44. The minimum absolute atomic E-state index is 0.00856. The van der Waals surface area contributed by atoms with Crippen LogP contribution in [0.1, 0.15) is 348 Å². The van der Waals surface area contributed by atoms with Gasteiger partial charge >= 0.3 is 5.97 Å². The SMILES string of the molecule is CCCCCCCCCC/C=C/CC/C=C/C(O)C(COC1OC(CO)C(O)C(O)C1O)NC(=O)CCCCCCCCCCCCCCCC/C=C\CCCCCCCCCCCCCCOC(=O)CCCCCCCCCCCCC. The summed E-state index contributed by atoms with van der Waals surface area (Å²) in [6, 6.07) is -0.827. The van der Waals surface area contributed by atoms with Gasteiger partial charge in [0.25, 0.3) is 0 Å². The van der Waals surface area contributed by atoms with Gasteiger partial charge in [0.1, 0.15) is 24.4 Å². The fourth-order valence-corrected chi connectivity index (χ4v) is 11.3. The van der Waals surface area contributed by atoms with E-state index < -0.39 is 49.5 Å². The zero-order chi connectivity index (χ0) is 60.2. The van der Waals surface area contributed by atoms with Gasteiger partial charge in [-0.2, -0.15) is 0 Å². The number of aliphatic hydroxyl groups excluding tert-OH is 5. The standard InChI is InChI=1S/C72H135NO10/c1-3-5-7-9-11-13-15-16-35-39-42-46-50-54-58-65(75)64(63-82-72-71(80)70(79)69(78)66(62-74)83-72)73-67(76)59-55-51-47-43-40-36-33-31-29-27-25-23-21-19-17-18-20-22-24-26-28-30-32-34-37-41-45-49-53-57-61-81-68(77)60-56-52-48-44-38-14-12-10-8-6-4-2/h18,20,39,42,54,58,64-66,69-72,74-75,78-80H,3-17,19,21-38,40-41,43-53,55-57,59-63H2,1-2H3,(H,73,76)/b20-18-,42-39+,58-54+. The fraction of sp³-hybridized carbons (Fsp3) is 0.889. The van der Waals surface area contributed by atoms with Crippen LogP contribution in [0.25, 0.3) is 0 Å². The Labute approximate surface area is 511 Å². The zero-order valence-electron chi connectivity index (χ0n) is 54.2. The van der Waals surface area contributed by atoms with Gasteiger partial charge in [0.2, 0.25) is 5.91 Å². The van der Waals surface area contributed by atoms with Crippen LogP contribution in [0.4, 0.5) is 0 Å². The smallest absolute Gasteiger partial charge is 0.305 e. The van der Waals surface area contributed by atoms with Gasteiger partial charge in [0, 0.05) is 12.8 Å². The maximum absolute atomic E-state index is 13.1. The summed E-state index contributed by atoms with van der Waals surface area (Å²) in [7, 11) is 0. The summed E-state index contributed by atoms with van der Waals surface area (Å²) in [6.07, 6.45) is 68.5. The molecule has 83 heavy (non-hydrogen) atoms. The molecule has 0 aromatic rings. The molecule has 0 radical (unpaired) electrons. The number of carbonyl (C=O) groups is 2. The third-order valence-corrected chi connectivity index (χ3v) is 17.0. The van der Waals surface area contributed by atoms with Crippen molar-refractivity contribution in [1.82, 2.24) is 5.32 Å². The third-order valence-electron chi connectivity index (χ3n) is 17.0. The third kappa shape index (κ3) is 50.6. The van der Waals surface area contributed by atoms with Crippen LogP contribution in [-0.2, 0) is 23.8 Å². The first-order chi connectivity index (χ1) is 40.7. The molecular formula is C72H135NO10. The lowest BCUT2D eigenvalue weighted by Gasteiger charge is -2.40. The molecule has 7 atom stereocenters. The molecule has 11 heteroatoms. The highest BCUT2D eigenvalue weighted by Crippen LogP contribution is 2.23. The molecule has 0 aromatic heterocycles. The van der Waals surface area contributed by atoms with Crippen LogP contribution in [-0.4, -0.2) is 100 Å². The Kier molecular flexibility index (Phi) is 58.5. The number of unbranched alkanes of at least 4 members (excludes halogenated alkanes) is 45. The molecule has 0 spiro atoms. The van der Waals surface area contributed by atoms with Gasteiger partial charge in [-0.05, 0) is 70.6 Å². The van der Waals surface area contributed by atoms with Crippen LogP contribution >= 0.6 is 0 Å². The lowest BCUT2D eigenvalue weighted by atomic mass is 9.99. The summed E-state index contributed by atoms with van der Waals surface area (Å²) >= 11 is 0. The number of ether oxygens (including phenoxy) is 3. The van der Waals surface area contributed by atoms with Crippen LogP contribution < -0.4 is 5.32 Å². The number of rotatable bonds is 63. The van der Waals surface area contributed by atoms with E-state index in [0.29, 0.717) is 19.4 Å². The summed E-state index contributed by atoms with van der Waals surface area (Å²) in [5.74, 6) is -0.180. The number of allylic oxidation sites excluding steroid dienone is 5. The van der Waals surface area contributed by atoms with E-state index in [2.05, 4.69) is 43.5 Å². The Morgan fingerprint density at radius 2 is 0.783 bits per heavy atom. The highest BCUT2D eigenvalue weighted by molar-refractivity contribution is 5.76. The van der Waals surface area contributed by atoms with E-state index in [0.717, 1.165) is 57.8 Å². The van der Waals surface area contributed by atoms with E-state index in [1.807, 2.05) is 6.08 Å². The summed E-state index contributed by atoms with van der Waals surface area (Å²) < 4.78 is 16.7. The molecule has 1 saturated heterocycles. The van der Waals surface area contributed by atoms with Crippen LogP contribution in [0.15, 0.2) is 36.5 Å². The number of esters is 1. The van der Waals surface area contributed by atoms with Gasteiger partial charge in [0.05, 0.1) is 32.0 Å². The maximum atomic E-state index is 13.1. The van der Waals surface area contributed by atoms with Crippen molar-refractivity contribution < 1.29 is 49.3 Å². The van der Waals surface area contributed by atoms with Crippen LogP contribution in [0.3, 0.4) is 0 Å². The minimum atomic E-state index is -1.58. The second-order valence-corrected chi connectivity index (χ2v) is 24.9. The molecule has 0 aromatic carbocycles. The molecule has 1 aliphatic rings. The summed E-state index contributed by atoms with van der Waals surface area (Å²) in [5, 5.41) is 54.5. The second-order valence-electron chi connectivity index (χ2n) is 24.9. The Bertz CT molecular complexity index is 1470. The first-order valence-corrected chi connectivity index (χ1v) is 35.8. The van der Waals surface area contributed by atoms with E-state index >= 15 is 0 Å². The van der Waals surface area contributed by atoms with E-state index in [9.17, 15) is 35.1 Å². The number of aliphatic hydroxyl groups is 5. The number of nitrogens with one attached hydrogen (secondary N) is 1. The van der Waals surface area contributed by atoms with Crippen LogP contribution in [0.5, 0.6) is 0 Å². The van der Waals surface area contributed by atoms with Crippen molar-refractivity contribution in [3.63, 3.8) is 0 Å². The molecule has 1 amide bonds. The monoisotopic (exact) mass is 1170 g/mol. The Morgan fingerprint density at radius 1 is 0.434 bits per heavy atom. The normalized spacial score (nSPS) is 18.3. The minimum Gasteiger partial charge on any atom is -0.466 e. The largest absolute Gasteiger partial charge is 0.466 e. The average Bonchev–Trinajstić information content (AvgIpc) is 3.57. The maximum Gasteiger partial charge on any atom is 0.305 e. The molecule has 1 fully saturated rings. The van der Waals surface area contributed by atoms with Crippen molar-refractivity contribution in [2.45, 2.75) is 391 Å². The predicted octanol–water partition coefficient (Wildman–Crippen LogP) is 18.2. The quantitative estimate of drug-likeness (QED) is 0.0195. The Morgan fingerprint density at radius 3 is 1.19 bits per heavy atom. The predicted molar refractivity (Wildman–Crippen MR) is 347 cm³/mol. The summed E-state index contributed by atoms with van der Waals surface area (Å²) in [5.41, 5.74) is 0. The van der Waals surface area contributed by atoms with Crippen LogP contribution in [0, 0.1) is 0 Å². The van der Waals surface area contributed by atoms with Gasteiger partial charge in [0.15, 0.2) is 6.29 Å². The molecule has 7 unspecified atom stereocenters. The molecular weight excluding hydrogens is 1040 g/mol. The molecule has 1 rings (SSSR count). The fourth-order valence-electron chi connectivity index (χ4n) is 11.3. The van der Waals surface area contributed by atoms with Crippen molar-refractivity contribution in [2.75, 3.05) is 19.8 Å².